The van der Waals surface area contributed by atoms with E-state index in [0.717, 1.165) is 5.56 Å². The van der Waals surface area contributed by atoms with Crippen LogP contribution in [0.3, 0.4) is 0 Å². The molecular weight excluding hydrogens is 347 g/mol. The Labute approximate surface area is 156 Å². The van der Waals surface area contributed by atoms with Gasteiger partial charge < -0.3 is 15.4 Å². The monoisotopic (exact) mass is 374 g/mol. The van der Waals surface area contributed by atoms with Gasteiger partial charge in [0.15, 0.2) is 6.61 Å². The number of rotatable bonds is 6. The summed E-state index contributed by atoms with van der Waals surface area (Å²) in [7, 11) is 0. The van der Waals surface area contributed by atoms with E-state index in [1.807, 2.05) is 32.9 Å². The fourth-order valence-electron chi connectivity index (χ4n) is 2.81. The average Bonchev–Trinajstić information content (AvgIpc) is 2.95. The third kappa shape index (κ3) is 7.29. The van der Waals surface area contributed by atoms with Gasteiger partial charge in [-0.15, -0.1) is 12.4 Å². The second-order valence-electron chi connectivity index (χ2n) is 7.20. The molecule has 0 saturated heterocycles. The van der Waals surface area contributed by atoms with Gasteiger partial charge in [0.2, 0.25) is 0 Å². The topological polar surface area (TPSA) is 50.4 Å². The minimum absolute atomic E-state index is 0. The van der Waals surface area contributed by atoms with Crippen LogP contribution in [0.1, 0.15) is 52.0 Å². The number of nitrogens with one attached hydrogen (secondary N) is 2. The van der Waals surface area contributed by atoms with Crippen molar-refractivity contribution in [2.75, 3.05) is 6.61 Å². The summed E-state index contributed by atoms with van der Waals surface area (Å²) in [5.74, 6) is 0.589. The molecule has 1 fully saturated rings. The van der Waals surface area contributed by atoms with Crippen LogP contribution in [0.15, 0.2) is 18.2 Å². The van der Waals surface area contributed by atoms with Crippen molar-refractivity contribution >= 4 is 29.9 Å². The molecule has 0 aromatic heterocycles. The molecular formula is C18H28Cl2N2O2. The Morgan fingerprint density at radius 2 is 1.96 bits per heavy atom. The number of halogens is 2. The smallest absolute Gasteiger partial charge is 0.258 e. The number of hydrogen-bond donors (Lipinski definition) is 2. The Morgan fingerprint density at radius 3 is 2.58 bits per heavy atom. The molecule has 0 radical (unpaired) electrons. The van der Waals surface area contributed by atoms with E-state index in [1.165, 1.54) is 25.7 Å². The molecule has 0 heterocycles. The number of benzene rings is 1. The van der Waals surface area contributed by atoms with Crippen LogP contribution in [0.5, 0.6) is 5.75 Å². The number of amides is 1. The zero-order valence-electron chi connectivity index (χ0n) is 14.7. The number of ether oxygens (including phenoxy) is 1. The van der Waals surface area contributed by atoms with E-state index in [0.29, 0.717) is 23.4 Å². The van der Waals surface area contributed by atoms with Gasteiger partial charge in [-0.05, 0) is 51.8 Å². The zero-order valence-corrected chi connectivity index (χ0v) is 16.2. The van der Waals surface area contributed by atoms with E-state index < -0.39 is 0 Å². The molecule has 24 heavy (non-hydrogen) atoms. The highest BCUT2D eigenvalue weighted by Gasteiger charge is 2.17. The highest BCUT2D eigenvalue weighted by atomic mass is 35.5. The third-order valence-electron chi connectivity index (χ3n) is 3.83. The fourth-order valence-corrected chi connectivity index (χ4v) is 3.00. The van der Waals surface area contributed by atoms with Crippen LogP contribution in [-0.2, 0) is 11.3 Å². The van der Waals surface area contributed by atoms with E-state index in [-0.39, 0.29) is 30.5 Å². The molecule has 1 aliphatic carbocycles. The van der Waals surface area contributed by atoms with Crippen LogP contribution in [0.2, 0.25) is 5.02 Å². The summed E-state index contributed by atoms with van der Waals surface area (Å²) >= 11 is 6.10. The second kappa shape index (κ2) is 9.50. The molecule has 0 unspecified atom stereocenters. The van der Waals surface area contributed by atoms with Crippen LogP contribution in [0.4, 0.5) is 0 Å². The Kier molecular flexibility index (Phi) is 8.34. The van der Waals surface area contributed by atoms with Gasteiger partial charge in [0, 0.05) is 28.7 Å². The molecule has 0 aliphatic heterocycles. The summed E-state index contributed by atoms with van der Waals surface area (Å²) in [6, 6.07) is 6.10. The maximum atomic E-state index is 11.9. The van der Waals surface area contributed by atoms with Gasteiger partial charge >= 0.3 is 0 Å². The minimum Gasteiger partial charge on any atom is -0.483 e. The van der Waals surface area contributed by atoms with Crippen LogP contribution >= 0.6 is 24.0 Å². The summed E-state index contributed by atoms with van der Waals surface area (Å²) in [6.45, 7) is 6.56. The maximum Gasteiger partial charge on any atom is 0.258 e. The lowest BCUT2D eigenvalue weighted by Crippen LogP contribution is -2.43. The van der Waals surface area contributed by atoms with Crippen molar-refractivity contribution in [3.63, 3.8) is 0 Å². The summed E-state index contributed by atoms with van der Waals surface area (Å²) in [6.07, 6.45) is 5.04. The predicted molar refractivity (Wildman–Crippen MR) is 101 cm³/mol. The lowest BCUT2D eigenvalue weighted by molar-refractivity contribution is -0.124. The fraction of sp³-hybridized carbons (Fsp3) is 0.611. The van der Waals surface area contributed by atoms with E-state index in [4.69, 9.17) is 16.3 Å². The molecule has 2 rings (SSSR count). The van der Waals surface area contributed by atoms with Crippen LogP contribution in [0, 0.1) is 0 Å². The zero-order chi connectivity index (χ0) is 16.9. The predicted octanol–water partition coefficient (Wildman–Crippen LogP) is 4.09. The molecule has 1 aromatic rings. The number of carbonyl (C=O) groups is 1. The molecule has 1 amide bonds. The SMILES string of the molecule is CC(C)(C)NC(=O)COc1ccc(Cl)cc1CNC1CCCC1.Cl. The van der Waals surface area contributed by atoms with Gasteiger partial charge in [0.25, 0.3) is 5.91 Å². The molecule has 0 spiro atoms. The van der Waals surface area contributed by atoms with E-state index >= 15 is 0 Å². The molecule has 0 atom stereocenters. The highest BCUT2D eigenvalue weighted by molar-refractivity contribution is 6.30. The largest absolute Gasteiger partial charge is 0.483 e. The third-order valence-corrected chi connectivity index (χ3v) is 4.07. The maximum absolute atomic E-state index is 11.9. The van der Waals surface area contributed by atoms with Crippen molar-refractivity contribution in [3.05, 3.63) is 28.8 Å². The lowest BCUT2D eigenvalue weighted by Gasteiger charge is -2.21. The van der Waals surface area contributed by atoms with E-state index in [9.17, 15) is 4.79 Å². The summed E-state index contributed by atoms with van der Waals surface area (Å²) < 4.78 is 5.70. The van der Waals surface area contributed by atoms with Gasteiger partial charge in [-0.2, -0.15) is 0 Å². The number of hydrogen-bond acceptors (Lipinski definition) is 3. The van der Waals surface area contributed by atoms with Gasteiger partial charge in [0.1, 0.15) is 5.75 Å². The second-order valence-corrected chi connectivity index (χ2v) is 7.64. The van der Waals surface area contributed by atoms with Crippen molar-refractivity contribution in [1.82, 2.24) is 10.6 Å². The Bertz CT molecular complexity index is 538. The molecule has 1 aliphatic rings. The van der Waals surface area contributed by atoms with Crippen LogP contribution < -0.4 is 15.4 Å². The molecule has 136 valence electrons. The first-order valence-corrected chi connectivity index (χ1v) is 8.67. The molecule has 6 heteroatoms. The first-order chi connectivity index (χ1) is 10.8. The summed E-state index contributed by atoms with van der Waals surface area (Å²) in [5, 5.41) is 7.12. The van der Waals surface area contributed by atoms with E-state index in [2.05, 4.69) is 10.6 Å². The normalized spacial score (nSPS) is 15.0. The van der Waals surface area contributed by atoms with Gasteiger partial charge in [-0.3, -0.25) is 4.79 Å². The average molecular weight is 375 g/mol. The minimum atomic E-state index is -0.257. The first kappa shape index (κ1) is 21.1. The number of carbonyl (C=O) groups excluding carboxylic acids is 1. The lowest BCUT2D eigenvalue weighted by atomic mass is 10.1. The van der Waals surface area contributed by atoms with E-state index in [1.54, 1.807) is 6.07 Å². The molecule has 4 nitrogen and oxygen atoms in total. The van der Waals surface area contributed by atoms with Crippen molar-refractivity contribution in [3.8, 4) is 5.75 Å². The van der Waals surface area contributed by atoms with Crippen LogP contribution in [0.25, 0.3) is 0 Å². The van der Waals surface area contributed by atoms with Gasteiger partial charge in [0.05, 0.1) is 0 Å². The standard InChI is InChI=1S/C18H27ClN2O2.ClH/c1-18(2,3)21-17(22)12-23-16-9-8-14(19)10-13(16)11-20-15-6-4-5-7-15;/h8-10,15,20H,4-7,11-12H2,1-3H3,(H,21,22);1H. The van der Waals surface area contributed by atoms with Gasteiger partial charge in [-0.25, -0.2) is 0 Å². The first-order valence-electron chi connectivity index (χ1n) is 8.29. The quantitative estimate of drug-likeness (QED) is 0.788. The summed E-state index contributed by atoms with van der Waals surface area (Å²) in [4.78, 5) is 11.9. The van der Waals surface area contributed by atoms with Crippen molar-refractivity contribution in [2.45, 2.75) is 64.6 Å². The molecule has 1 aromatic carbocycles. The Hall–Kier alpha value is -0.970. The molecule has 2 N–H and O–H groups in total. The Balaban J connectivity index is 0.00000288. The summed E-state index contributed by atoms with van der Waals surface area (Å²) in [5.41, 5.74) is 0.737. The highest BCUT2D eigenvalue weighted by Crippen LogP contribution is 2.24. The Morgan fingerprint density at radius 1 is 1.29 bits per heavy atom. The van der Waals surface area contributed by atoms with Crippen molar-refractivity contribution in [2.24, 2.45) is 0 Å². The van der Waals surface area contributed by atoms with Crippen LogP contribution in [-0.4, -0.2) is 24.1 Å². The molecule has 0 bridgehead atoms. The van der Waals surface area contributed by atoms with Crippen molar-refractivity contribution in [1.29, 1.82) is 0 Å². The molecule has 1 saturated carbocycles. The van der Waals surface area contributed by atoms with Crippen molar-refractivity contribution < 1.29 is 9.53 Å². The van der Waals surface area contributed by atoms with Gasteiger partial charge in [-0.1, -0.05) is 24.4 Å².